The molecule has 10 heteroatoms. The highest BCUT2D eigenvalue weighted by Crippen LogP contribution is 2.23. The molecule has 0 aliphatic rings. The van der Waals surface area contributed by atoms with E-state index in [0.29, 0.717) is 18.8 Å². The topological polar surface area (TPSA) is 129 Å². The van der Waals surface area contributed by atoms with E-state index >= 15 is 0 Å². The normalized spacial score (nSPS) is 11.9. The van der Waals surface area contributed by atoms with Crippen molar-refractivity contribution in [3.63, 3.8) is 0 Å². The molecule has 0 aliphatic carbocycles. The molecule has 0 spiro atoms. The number of ether oxygens (including phenoxy) is 1. The lowest BCUT2D eigenvalue weighted by Gasteiger charge is -2.07. The van der Waals surface area contributed by atoms with Gasteiger partial charge in [-0.1, -0.05) is 6.07 Å². The van der Waals surface area contributed by atoms with Crippen molar-refractivity contribution in [2.45, 2.75) is 25.4 Å². The smallest absolute Gasteiger partial charge is 0.304 e. The number of carboxylic acids is 1. The third-order valence-electron chi connectivity index (χ3n) is 3.85. The van der Waals surface area contributed by atoms with E-state index in [4.69, 9.17) is 15.6 Å². The van der Waals surface area contributed by atoms with Crippen LogP contribution in [0, 0.1) is 5.82 Å². The summed E-state index contributed by atoms with van der Waals surface area (Å²) in [5, 5.41) is 20.4. The number of pyridine rings is 1. The summed E-state index contributed by atoms with van der Waals surface area (Å²) in [4.78, 5) is 15.8. The predicted octanol–water partition coefficient (Wildman–Crippen LogP) is 1.30. The first kappa shape index (κ1) is 19.4. The van der Waals surface area contributed by atoms with Gasteiger partial charge in [0.25, 0.3) is 0 Å². The second-order valence-electron chi connectivity index (χ2n) is 6.13. The van der Waals surface area contributed by atoms with Gasteiger partial charge >= 0.3 is 5.97 Å². The van der Waals surface area contributed by atoms with Crippen LogP contribution in [0.5, 0.6) is 5.75 Å². The van der Waals surface area contributed by atoms with Gasteiger partial charge in [0.2, 0.25) is 5.82 Å². The van der Waals surface area contributed by atoms with Crippen LogP contribution >= 0.6 is 0 Å². The highest BCUT2D eigenvalue weighted by molar-refractivity contribution is 5.67. The molecular weight excluding hydrogens is 367 g/mol. The maximum Gasteiger partial charge on any atom is 0.304 e. The Morgan fingerprint density at radius 2 is 2.21 bits per heavy atom. The second kappa shape index (κ2) is 9.00. The van der Waals surface area contributed by atoms with Crippen molar-refractivity contribution in [1.82, 2.24) is 25.2 Å². The average molecular weight is 386 g/mol. The van der Waals surface area contributed by atoms with Gasteiger partial charge in [-0.2, -0.15) is 4.80 Å². The molecule has 2 aromatic heterocycles. The Bertz CT molecular complexity index is 934. The summed E-state index contributed by atoms with van der Waals surface area (Å²) in [6.07, 6.45) is 3.88. The molecule has 1 atom stereocenters. The van der Waals surface area contributed by atoms with Crippen LogP contribution in [0.2, 0.25) is 0 Å². The van der Waals surface area contributed by atoms with Gasteiger partial charge in [0.15, 0.2) is 0 Å². The van der Waals surface area contributed by atoms with E-state index in [-0.39, 0.29) is 24.4 Å². The molecule has 3 N–H and O–H groups in total. The van der Waals surface area contributed by atoms with Crippen LogP contribution in [-0.4, -0.2) is 48.9 Å². The first-order valence-corrected chi connectivity index (χ1v) is 8.58. The largest absolute Gasteiger partial charge is 0.493 e. The molecule has 28 heavy (non-hydrogen) atoms. The number of halogens is 1. The Hall–Kier alpha value is -3.40. The van der Waals surface area contributed by atoms with Crippen LogP contribution in [0.3, 0.4) is 0 Å². The minimum atomic E-state index is -1.02. The second-order valence-corrected chi connectivity index (χ2v) is 6.13. The van der Waals surface area contributed by atoms with E-state index in [1.807, 2.05) is 12.1 Å². The first-order chi connectivity index (χ1) is 13.5. The van der Waals surface area contributed by atoms with E-state index in [1.165, 1.54) is 12.1 Å². The Morgan fingerprint density at radius 1 is 1.36 bits per heavy atom. The van der Waals surface area contributed by atoms with Crippen molar-refractivity contribution in [1.29, 1.82) is 0 Å². The fraction of sp³-hybridized carbons (Fsp3) is 0.278. The Labute approximate surface area is 160 Å². The molecule has 9 nitrogen and oxygen atoms in total. The van der Waals surface area contributed by atoms with Gasteiger partial charge in [0.05, 0.1) is 25.1 Å². The number of aliphatic carboxylic acids is 1. The lowest BCUT2D eigenvalue weighted by Crippen LogP contribution is -2.30. The summed E-state index contributed by atoms with van der Waals surface area (Å²) in [5.41, 5.74) is 6.88. The Kier molecular flexibility index (Phi) is 6.22. The van der Waals surface area contributed by atoms with Gasteiger partial charge in [-0.05, 0) is 29.0 Å². The fourth-order valence-corrected chi connectivity index (χ4v) is 2.53. The molecule has 3 aromatic rings. The van der Waals surface area contributed by atoms with E-state index in [9.17, 15) is 9.18 Å². The fourth-order valence-electron chi connectivity index (χ4n) is 2.53. The van der Waals surface area contributed by atoms with Gasteiger partial charge in [-0.3, -0.25) is 9.78 Å². The zero-order chi connectivity index (χ0) is 19.9. The average Bonchev–Trinajstić information content (AvgIpc) is 3.10. The molecule has 1 aromatic carbocycles. The molecule has 0 fully saturated rings. The number of benzene rings is 1. The molecule has 3 rings (SSSR count). The van der Waals surface area contributed by atoms with Gasteiger partial charge in [0, 0.05) is 30.9 Å². The van der Waals surface area contributed by atoms with Gasteiger partial charge in [-0.15, -0.1) is 10.2 Å². The summed E-state index contributed by atoms with van der Waals surface area (Å²) < 4.78 is 20.0. The van der Waals surface area contributed by atoms with Crippen molar-refractivity contribution in [2.75, 3.05) is 6.61 Å². The molecular formula is C18H19FN6O3. The van der Waals surface area contributed by atoms with Crippen LogP contribution in [0.25, 0.3) is 11.4 Å². The SMILES string of the molecule is NC(CC(=O)O)Cn1nnc(-c2ccc(OCCc3cccnc3)cc2F)n1. The number of carbonyl (C=O) groups is 1. The standard InChI is InChI=1S/C18H19FN6O3/c19-16-9-14(28-7-5-12-2-1-6-21-10-12)3-4-15(16)18-22-24-25(23-18)11-13(20)8-17(26)27/h1-4,6,9-10,13H,5,7-8,11,20H2,(H,26,27). The molecule has 0 amide bonds. The molecule has 1 unspecified atom stereocenters. The Morgan fingerprint density at radius 3 is 2.93 bits per heavy atom. The number of aromatic nitrogens is 5. The van der Waals surface area contributed by atoms with E-state index in [0.717, 1.165) is 10.4 Å². The lowest BCUT2D eigenvalue weighted by atomic mass is 10.2. The zero-order valence-corrected chi connectivity index (χ0v) is 14.9. The van der Waals surface area contributed by atoms with Crippen LogP contribution < -0.4 is 10.5 Å². The number of nitrogens with zero attached hydrogens (tertiary/aromatic N) is 5. The number of hydrogen-bond donors (Lipinski definition) is 2. The molecule has 0 radical (unpaired) electrons. The van der Waals surface area contributed by atoms with Crippen LogP contribution in [0.4, 0.5) is 4.39 Å². The van der Waals surface area contributed by atoms with Crippen LogP contribution in [0.15, 0.2) is 42.7 Å². The molecule has 0 saturated heterocycles. The summed E-state index contributed by atoms with van der Waals surface area (Å²) in [5.74, 6) is -1.09. The zero-order valence-electron chi connectivity index (χ0n) is 14.9. The highest BCUT2D eigenvalue weighted by atomic mass is 19.1. The van der Waals surface area contributed by atoms with Crippen molar-refractivity contribution in [2.24, 2.45) is 5.73 Å². The molecule has 146 valence electrons. The number of hydrogen-bond acceptors (Lipinski definition) is 7. The van der Waals surface area contributed by atoms with Crippen molar-refractivity contribution in [3.05, 3.63) is 54.1 Å². The van der Waals surface area contributed by atoms with Gasteiger partial charge < -0.3 is 15.6 Å². The maximum absolute atomic E-state index is 14.4. The molecule has 0 aliphatic heterocycles. The lowest BCUT2D eigenvalue weighted by molar-refractivity contribution is -0.137. The van der Waals surface area contributed by atoms with Crippen molar-refractivity contribution in [3.8, 4) is 17.1 Å². The number of rotatable bonds is 9. The monoisotopic (exact) mass is 386 g/mol. The molecule has 0 saturated carbocycles. The maximum atomic E-state index is 14.4. The summed E-state index contributed by atoms with van der Waals surface area (Å²) in [7, 11) is 0. The van der Waals surface area contributed by atoms with Crippen LogP contribution in [-0.2, 0) is 17.8 Å². The van der Waals surface area contributed by atoms with E-state index < -0.39 is 17.8 Å². The third-order valence-corrected chi connectivity index (χ3v) is 3.85. The van der Waals surface area contributed by atoms with Gasteiger partial charge in [-0.25, -0.2) is 4.39 Å². The number of nitrogens with two attached hydrogens (primary N) is 1. The summed E-state index contributed by atoms with van der Waals surface area (Å²) in [6, 6.07) is 7.51. The first-order valence-electron chi connectivity index (χ1n) is 8.58. The number of carboxylic acid groups (broad SMARTS) is 1. The third kappa shape index (κ3) is 5.30. The highest BCUT2D eigenvalue weighted by Gasteiger charge is 2.15. The molecule has 0 bridgehead atoms. The minimum Gasteiger partial charge on any atom is -0.493 e. The summed E-state index contributed by atoms with van der Waals surface area (Å²) >= 11 is 0. The summed E-state index contributed by atoms with van der Waals surface area (Å²) in [6.45, 7) is 0.455. The van der Waals surface area contributed by atoms with E-state index in [1.54, 1.807) is 18.5 Å². The number of tetrazole rings is 1. The molecule has 2 heterocycles. The van der Waals surface area contributed by atoms with Crippen molar-refractivity contribution >= 4 is 5.97 Å². The van der Waals surface area contributed by atoms with E-state index in [2.05, 4.69) is 20.4 Å². The van der Waals surface area contributed by atoms with Gasteiger partial charge in [0.1, 0.15) is 11.6 Å². The minimum absolute atomic E-state index is 0.0659. The quantitative estimate of drug-likeness (QED) is 0.563. The predicted molar refractivity (Wildman–Crippen MR) is 96.9 cm³/mol. The Balaban J connectivity index is 1.60. The van der Waals surface area contributed by atoms with Crippen LogP contribution in [0.1, 0.15) is 12.0 Å². The van der Waals surface area contributed by atoms with Crippen molar-refractivity contribution < 1.29 is 19.0 Å².